The number of amides is 2. The number of benzene rings is 2. The highest BCUT2D eigenvalue weighted by molar-refractivity contribution is 6.00. The Morgan fingerprint density at radius 1 is 0.788 bits per heavy atom. The lowest BCUT2D eigenvalue weighted by Gasteiger charge is -2.15. The molecular formula is C22H14F6N4O. The Kier molecular flexibility index (Phi) is 5.48. The number of nitrogens with one attached hydrogen (secondary N) is 2. The van der Waals surface area contributed by atoms with Crippen molar-refractivity contribution in [1.82, 2.24) is 9.38 Å². The van der Waals surface area contributed by atoms with Gasteiger partial charge in [0.25, 0.3) is 0 Å². The largest absolute Gasteiger partial charge is 0.416 e. The Labute approximate surface area is 182 Å². The lowest BCUT2D eigenvalue weighted by Crippen LogP contribution is -2.20. The van der Waals surface area contributed by atoms with Gasteiger partial charge in [-0.05, 0) is 42.5 Å². The van der Waals surface area contributed by atoms with Gasteiger partial charge < -0.3 is 15.0 Å². The zero-order valence-corrected chi connectivity index (χ0v) is 16.5. The first kappa shape index (κ1) is 22.2. The van der Waals surface area contributed by atoms with Gasteiger partial charge in [0.2, 0.25) is 0 Å². The molecule has 0 radical (unpaired) electrons. The number of anilines is 2. The predicted octanol–water partition coefficient (Wildman–Crippen LogP) is 6.68. The first-order chi connectivity index (χ1) is 15.5. The third kappa shape index (κ3) is 5.08. The van der Waals surface area contributed by atoms with E-state index in [0.29, 0.717) is 29.0 Å². The van der Waals surface area contributed by atoms with E-state index in [1.165, 1.54) is 6.07 Å². The number of hydrogen-bond acceptors (Lipinski definition) is 2. The number of carbonyl (C=O) groups excluding carboxylic acids is 1. The number of aromatic nitrogens is 2. The maximum absolute atomic E-state index is 13.0. The molecule has 11 heteroatoms. The van der Waals surface area contributed by atoms with Crippen molar-refractivity contribution < 1.29 is 31.1 Å². The van der Waals surface area contributed by atoms with Crippen molar-refractivity contribution >= 4 is 23.1 Å². The van der Waals surface area contributed by atoms with Gasteiger partial charge in [-0.1, -0.05) is 18.2 Å². The van der Waals surface area contributed by atoms with Crippen LogP contribution in [-0.4, -0.2) is 15.4 Å². The summed E-state index contributed by atoms with van der Waals surface area (Å²) in [6.45, 7) is 0. The van der Waals surface area contributed by atoms with E-state index in [0.717, 1.165) is 0 Å². The van der Waals surface area contributed by atoms with E-state index >= 15 is 0 Å². The SMILES string of the molecule is O=C(Nc1cccc(-c2cn3ccccc3n2)c1)Nc1cc(C(F)(F)F)cc(C(F)(F)F)c1. The zero-order valence-electron chi connectivity index (χ0n) is 16.5. The molecule has 0 saturated carbocycles. The molecule has 2 N–H and O–H groups in total. The molecule has 4 aromatic rings. The lowest BCUT2D eigenvalue weighted by molar-refractivity contribution is -0.143. The lowest BCUT2D eigenvalue weighted by atomic mass is 10.1. The number of hydrogen-bond donors (Lipinski definition) is 2. The minimum absolute atomic E-state index is 0.0125. The minimum Gasteiger partial charge on any atom is -0.308 e. The van der Waals surface area contributed by atoms with E-state index in [2.05, 4.69) is 10.3 Å². The van der Waals surface area contributed by atoms with Crippen LogP contribution in [0.4, 0.5) is 42.5 Å². The van der Waals surface area contributed by atoms with Crippen LogP contribution in [0.1, 0.15) is 11.1 Å². The van der Waals surface area contributed by atoms with Crippen molar-refractivity contribution in [2.24, 2.45) is 0 Å². The van der Waals surface area contributed by atoms with Crippen LogP contribution in [0.2, 0.25) is 0 Å². The average Bonchev–Trinajstić information content (AvgIpc) is 3.17. The first-order valence-electron chi connectivity index (χ1n) is 9.41. The molecule has 0 spiro atoms. The van der Waals surface area contributed by atoms with Crippen molar-refractivity contribution in [3.05, 3.63) is 84.2 Å². The van der Waals surface area contributed by atoms with Gasteiger partial charge in [0.1, 0.15) is 5.65 Å². The number of alkyl halides is 6. The zero-order chi connectivity index (χ0) is 23.8. The highest BCUT2D eigenvalue weighted by Crippen LogP contribution is 2.37. The highest BCUT2D eigenvalue weighted by atomic mass is 19.4. The molecule has 4 rings (SSSR count). The molecule has 0 unspecified atom stereocenters. The fraction of sp³-hybridized carbons (Fsp3) is 0.0909. The number of urea groups is 1. The maximum Gasteiger partial charge on any atom is 0.416 e. The van der Waals surface area contributed by atoms with Crippen molar-refractivity contribution in [2.45, 2.75) is 12.4 Å². The maximum atomic E-state index is 13.0. The molecule has 33 heavy (non-hydrogen) atoms. The summed E-state index contributed by atoms with van der Waals surface area (Å²) < 4.78 is 79.8. The Morgan fingerprint density at radius 2 is 1.45 bits per heavy atom. The molecule has 2 amide bonds. The molecule has 0 aliphatic heterocycles. The van der Waals surface area contributed by atoms with E-state index in [1.807, 2.05) is 29.7 Å². The van der Waals surface area contributed by atoms with Crippen LogP contribution in [0.3, 0.4) is 0 Å². The van der Waals surface area contributed by atoms with Gasteiger partial charge in [-0.2, -0.15) is 26.3 Å². The normalized spacial score (nSPS) is 12.1. The molecule has 5 nitrogen and oxygen atoms in total. The number of pyridine rings is 1. The van der Waals surface area contributed by atoms with Crippen molar-refractivity contribution in [2.75, 3.05) is 10.6 Å². The second kappa shape index (κ2) is 8.15. The molecule has 2 heterocycles. The summed E-state index contributed by atoms with van der Waals surface area (Å²) >= 11 is 0. The Hall–Kier alpha value is -4.02. The Bertz CT molecular complexity index is 1260. The van der Waals surface area contributed by atoms with E-state index in [-0.39, 0.29) is 11.8 Å². The van der Waals surface area contributed by atoms with Crippen LogP contribution in [0.25, 0.3) is 16.9 Å². The molecule has 2 aromatic carbocycles. The summed E-state index contributed by atoms with van der Waals surface area (Å²) in [5.74, 6) is 0. The fourth-order valence-corrected chi connectivity index (χ4v) is 3.15. The van der Waals surface area contributed by atoms with Crippen LogP contribution in [0, 0.1) is 0 Å². The molecule has 0 fully saturated rings. The van der Waals surface area contributed by atoms with Gasteiger partial charge >= 0.3 is 18.4 Å². The van der Waals surface area contributed by atoms with Crippen LogP contribution in [-0.2, 0) is 12.4 Å². The third-order valence-corrected chi connectivity index (χ3v) is 4.63. The summed E-state index contributed by atoms with van der Waals surface area (Å²) in [7, 11) is 0. The first-order valence-corrected chi connectivity index (χ1v) is 9.41. The number of nitrogens with zero attached hydrogens (tertiary/aromatic N) is 2. The third-order valence-electron chi connectivity index (χ3n) is 4.63. The van der Waals surface area contributed by atoms with E-state index in [4.69, 9.17) is 0 Å². The van der Waals surface area contributed by atoms with E-state index < -0.39 is 35.2 Å². The number of rotatable bonds is 3. The Balaban J connectivity index is 1.55. The highest BCUT2D eigenvalue weighted by Gasteiger charge is 2.37. The number of imidazole rings is 1. The van der Waals surface area contributed by atoms with Crippen molar-refractivity contribution in [1.29, 1.82) is 0 Å². The topological polar surface area (TPSA) is 58.4 Å². The average molecular weight is 464 g/mol. The van der Waals surface area contributed by atoms with Crippen molar-refractivity contribution in [3.8, 4) is 11.3 Å². The van der Waals surface area contributed by atoms with Gasteiger partial charge in [-0.15, -0.1) is 0 Å². The van der Waals surface area contributed by atoms with Gasteiger partial charge in [0.15, 0.2) is 0 Å². The molecule has 0 saturated heterocycles. The smallest absolute Gasteiger partial charge is 0.308 e. The van der Waals surface area contributed by atoms with Gasteiger partial charge in [0, 0.05) is 29.3 Å². The van der Waals surface area contributed by atoms with Crippen LogP contribution in [0.5, 0.6) is 0 Å². The van der Waals surface area contributed by atoms with Crippen LogP contribution in [0.15, 0.2) is 73.1 Å². The quantitative estimate of drug-likeness (QED) is 0.332. The summed E-state index contributed by atoms with van der Waals surface area (Å²) in [6, 6.07) is 11.8. The second-order valence-electron chi connectivity index (χ2n) is 7.05. The Morgan fingerprint density at radius 3 is 2.09 bits per heavy atom. The molecule has 0 bridgehead atoms. The number of carbonyl (C=O) groups is 1. The second-order valence-corrected chi connectivity index (χ2v) is 7.05. The monoisotopic (exact) mass is 464 g/mol. The molecule has 170 valence electrons. The predicted molar refractivity (Wildman–Crippen MR) is 110 cm³/mol. The van der Waals surface area contributed by atoms with E-state index in [1.54, 1.807) is 28.8 Å². The van der Waals surface area contributed by atoms with Crippen molar-refractivity contribution in [3.63, 3.8) is 0 Å². The summed E-state index contributed by atoms with van der Waals surface area (Å²) in [5, 5.41) is 4.43. The molecule has 0 aliphatic rings. The van der Waals surface area contributed by atoms with Crippen LogP contribution >= 0.6 is 0 Å². The standard InChI is InChI=1S/C22H14F6N4O/c23-21(24,25)14-9-15(22(26,27)28)11-17(10-14)30-20(33)29-16-5-3-4-13(8-16)18-12-32-7-2-1-6-19(32)31-18/h1-12H,(H2,29,30,33). The van der Waals surface area contributed by atoms with Gasteiger partial charge in [0.05, 0.1) is 16.8 Å². The molecule has 0 aliphatic carbocycles. The molecule has 2 aromatic heterocycles. The molecule has 0 atom stereocenters. The summed E-state index contributed by atoms with van der Waals surface area (Å²) in [4.78, 5) is 16.7. The summed E-state index contributed by atoms with van der Waals surface area (Å²) in [6.07, 6.45) is -6.45. The fourth-order valence-electron chi connectivity index (χ4n) is 3.15. The van der Waals surface area contributed by atoms with Crippen LogP contribution < -0.4 is 10.6 Å². The number of halogens is 6. The summed E-state index contributed by atoms with van der Waals surface area (Å²) in [5.41, 5.74) is -1.47. The number of fused-ring (bicyclic) bond motifs is 1. The molecular weight excluding hydrogens is 450 g/mol. The van der Waals surface area contributed by atoms with E-state index in [9.17, 15) is 31.1 Å². The van der Waals surface area contributed by atoms with Gasteiger partial charge in [-0.25, -0.2) is 9.78 Å². The minimum atomic E-state index is -5.02. The van der Waals surface area contributed by atoms with Gasteiger partial charge in [-0.3, -0.25) is 0 Å².